The van der Waals surface area contributed by atoms with Crippen LogP contribution in [0.3, 0.4) is 0 Å². The molecule has 7 nitrogen and oxygen atoms in total. The number of likely N-dealkylation sites (tertiary alicyclic amines) is 1. The quantitative estimate of drug-likeness (QED) is 0.546. The lowest BCUT2D eigenvalue weighted by Gasteiger charge is -2.30. The first-order chi connectivity index (χ1) is 13.5. The zero-order valence-electron chi connectivity index (χ0n) is 16.6. The zero-order chi connectivity index (χ0) is 20.1. The molecule has 3 rings (SSSR count). The molecule has 1 aliphatic heterocycles. The third kappa shape index (κ3) is 4.55. The van der Waals surface area contributed by atoms with Crippen LogP contribution in [0, 0.1) is 12.8 Å². The van der Waals surface area contributed by atoms with Crippen molar-refractivity contribution in [2.45, 2.75) is 31.8 Å². The van der Waals surface area contributed by atoms with Crippen LogP contribution in [0.1, 0.15) is 25.3 Å². The largest absolute Gasteiger partial charge is 0.466 e. The lowest BCUT2D eigenvalue weighted by molar-refractivity contribution is -0.151. The average Bonchev–Trinajstić information content (AvgIpc) is 3.07. The number of ether oxygens (including phenoxy) is 1. The van der Waals surface area contributed by atoms with E-state index in [9.17, 15) is 9.59 Å². The van der Waals surface area contributed by atoms with Crippen LogP contribution in [0.15, 0.2) is 29.4 Å². The summed E-state index contributed by atoms with van der Waals surface area (Å²) in [6.07, 6.45) is 1.33. The summed E-state index contributed by atoms with van der Waals surface area (Å²) in [6.45, 7) is 5.44. The van der Waals surface area contributed by atoms with Gasteiger partial charge in [0.25, 0.3) is 0 Å². The van der Waals surface area contributed by atoms with Gasteiger partial charge in [-0.2, -0.15) is 0 Å². The zero-order valence-corrected chi connectivity index (χ0v) is 17.4. The molecular formula is C20H26N4O3S. The van der Waals surface area contributed by atoms with Crippen molar-refractivity contribution >= 4 is 23.6 Å². The molecule has 1 aromatic heterocycles. The predicted molar refractivity (Wildman–Crippen MR) is 108 cm³/mol. The van der Waals surface area contributed by atoms with Crippen molar-refractivity contribution in [3.8, 4) is 11.4 Å². The van der Waals surface area contributed by atoms with Gasteiger partial charge in [0.05, 0.1) is 18.3 Å². The van der Waals surface area contributed by atoms with Gasteiger partial charge in [0.15, 0.2) is 11.0 Å². The Balaban J connectivity index is 1.55. The number of carbonyl (C=O) groups is 2. The first-order valence-electron chi connectivity index (χ1n) is 9.53. The monoisotopic (exact) mass is 402 g/mol. The highest BCUT2D eigenvalue weighted by molar-refractivity contribution is 7.99. The molecule has 0 atom stereocenters. The fraction of sp³-hybridized carbons (Fsp3) is 0.500. The molecule has 0 saturated carbocycles. The number of benzene rings is 1. The van der Waals surface area contributed by atoms with Crippen LogP contribution < -0.4 is 0 Å². The first-order valence-corrected chi connectivity index (χ1v) is 10.5. The second-order valence-corrected chi connectivity index (χ2v) is 7.82. The third-order valence-electron chi connectivity index (χ3n) is 5.01. The van der Waals surface area contributed by atoms with Crippen molar-refractivity contribution < 1.29 is 14.3 Å². The second-order valence-electron chi connectivity index (χ2n) is 6.88. The Morgan fingerprint density at radius 2 is 1.93 bits per heavy atom. The normalized spacial score (nSPS) is 14.9. The van der Waals surface area contributed by atoms with Crippen molar-refractivity contribution in [2.75, 3.05) is 25.4 Å². The fourth-order valence-corrected chi connectivity index (χ4v) is 4.16. The molecule has 0 radical (unpaired) electrons. The van der Waals surface area contributed by atoms with Gasteiger partial charge in [-0.1, -0.05) is 36.0 Å². The van der Waals surface area contributed by atoms with E-state index in [4.69, 9.17) is 4.74 Å². The minimum atomic E-state index is -0.146. The number of piperidine rings is 1. The SMILES string of the molecule is CCOC(=O)C1CCN(C(=O)CSc2nnc(-c3ccccc3C)n2C)CC1. The van der Waals surface area contributed by atoms with Gasteiger partial charge < -0.3 is 14.2 Å². The van der Waals surface area contributed by atoms with E-state index in [-0.39, 0.29) is 17.8 Å². The van der Waals surface area contributed by atoms with Crippen molar-refractivity contribution in [1.82, 2.24) is 19.7 Å². The molecule has 150 valence electrons. The van der Waals surface area contributed by atoms with Gasteiger partial charge in [0.2, 0.25) is 5.91 Å². The van der Waals surface area contributed by atoms with Crippen molar-refractivity contribution in [3.05, 3.63) is 29.8 Å². The number of thioether (sulfide) groups is 1. The molecule has 1 aliphatic rings. The van der Waals surface area contributed by atoms with E-state index >= 15 is 0 Å². The topological polar surface area (TPSA) is 77.3 Å². The van der Waals surface area contributed by atoms with Crippen LogP contribution in [-0.2, 0) is 21.4 Å². The first kappa shape index (κ1) is 20.4. The Labute approximate surface area is 169 Å². The smallest absolute Gasteiger partial charge is 0.309 e. The third-order valence-corrected chi connectivity index (χ3v) is 6.02. The van der Waals surface area contributed by atoms with E-state index in [1.165, 1.54) is 11.8 Å². The highest BCUT2D eigenvalue weighted by atomic mass is 32.2. The molecule has 0 unspecified atom stereocenters. The molecule has 2 heterocycles. The number of carbonyl (C=O) groups excluding carboxylic acids is 2. The fourth-order valence-electron chi connectivity index (χ4n) is 3.34. The van der Waals surface area contributed by atoms with Crippen LogP contribution in [0.4, 0.5) is 0 Å². The van der Waals surface area contributed by atoms with E-state index in [1.807, 2.05) is 54.6 Å². The summed E-state index contributed by atoms with van der Waals surface area (Å²) in [5, 5.41) is 9.27. The Morgan fingerprint density at radius 1 is 1.21 bits per heavy atom. The van der Waals surface area contributed by atoms with Crippen LogP contribution >= 0.6 is 11.8 Å². The van der Waals surface area contributed by atoms with E-state index in [1.54, 1.807) is 0 Å². The van der Waals surface area contributed by atoms with E-state index in [2.05, 4.69) is 10.2 Å². The van der Waals surface area contributed by atoms with Gasteiger partial charge in [0, 0.05) is 25.7 Å². The van der Waals surface area contributed by atoms with Gasteiger partial charge in [-0.3, -0.25) is 9.59 Å². The van der Waals surface area contributed by atoms with Crippen molar-refractivity contribution in [2.24, 2.45) is 13.0 Å². The van der Waals surface area contributed by atoms with Crippen LogP contribution in [0.2, 0.25) is 0 Å². The molecule has 2 aromatic rings. The molecule has 0 spiro atoms. The molecule has 1 amide bonds. The molecule has 0 N–H and O–H groups in total. The van der Waals surface area contributed by atoms with Crippen LogP contribution in [0.5, 0.6) is 0 Å². The number of hydrogen-bond donors (Lipinski definition) is 0. The van der Waals surface area contributed by atoms with E-state index in [0.717, 1.165) is 17.0 Å². The number of esters is 1. The standard InChI is InChI=1S/C20H26N4O3S/c1-4-27-19(26)15-9-11-24(12-10-15)17(25)13-28-20-22-21-18(23(20)3)16-8-6-5-7-14(16)2/h5-8,15H,4,9-13H2,1-3H3. The molecule has 0 bridgehead atoms. The Kier molecular flexibility index (Phi) is 6.72. The maximum Gasteiger partial charge on any atom is 0.309 e. The van der Waals surface area contributed by atoms with E-state index < -0.39 is 0 Å². The molecular weight excluding hydrogens is 376 g/mol. The highest BCUT2D eigenvalue weighted by Gasteiger charge is 2.28. The lowest BCUT2D eigenvalue weighted by atomic mass is 9.97. The maximum absolute atomic E-state index is 12.5. The summed E-state index contributed by atoms with van der Waals surface area (Å²) in [4.78, 5) is 26.2. The van der Waals surface area contributed by atoms with Gasteiger partial charge in [-0.25, -0.2) is 0 Å². The number of rotatable bonds is 6. The number of hydrogen-bond acceptors (Lipinski definition) is 6. The number of nitrogens with zero attached hydrogens (tertiary/aromatic N) is 4. The summed E-state index contributed by atoms with van der Waals surface area (Å²) in [7, 11) is 1.92. The molecule has 1 fully saturated rings. The summed E-state index contributed by atoms with van der Waals surface area (Å²) in [5.41, 5.74) is 2.17. The number of aryl methyl sites for hydroxylation is 1. The Bertz CT molecular complexity index is 844. The van der Waals surface area contributed by atoms with Crippen LogP contribution in [0.25, 0.3) is 11.4 Å². The highest BCUT2D eigenvalue weighted by Crippen LogP contribution is 2.26. The molecule has 1 saturated heterocycles. The van der Waals surface area contributed by atoms with Crippen LogP contribution in [-0.4, -0.2) is 57.0 Å². The molecule has 0 aliphatic carbocycles. The molecule has 1 aromatic carbocycles. The van der Waals surface area contributed by atoms with Crippen molar-refractivity contribution in [3.63, 3.8) is 0 Å². The summed E-state index contributed by atoms with van der Waals surface area (Å²) < 4.78 is 7.00. The minimum absolute atomic E-state index is 0.0627. The Morgan fingerprint density at radius 3 is 2.61 bits per heavy atom. The predicted octanol–water partition coefficient (Wildman–Crippen LogP) is 2.68. The molecule has 8 heteroatoms. The summed E-state index contributed by atoms with van der Waals surface area (Å²) in [6, 6.07) is 8.04. The Hall–Kier alpha value is -2.35. The maximum atomic E-state index is 12.5. The van der Waals surface area contributed by atoms with Gasteiger partial charge in [-0.05, 0) is 32.3 Å². The summed E-state index contributed by atoms with van der Waals surface area (Å²) in [5.74, 6) is 0.930. The second kappa shape index (κ2) is 9.23. The van der Waals surface area contributed by atoms with Gasteiger partial charge >= 0.3 is 5.97 Å². The number of amides is 1. The van der Waals surface area contributed by atoms with E-state index in [0.29, 0.717) is 43.4 Å². The van der Waals surface area contributed by atoms with Gasteiger partial charge in [0.1, 0.15) is 0 Å². The van der Waals surface area contributed by atoms with Crippen molar-refractivity contribution in [1.29, 1.82) is 0 Å². The lowest BCUT2D eigenvalue weighted by Crippen LogP contribution is -2.41. The number of aromatic nitrogens is 3. The summed E-state index contributed by atoms with van der Waals surface area (Å²) >= 11 is 1.39. The average molecular weight is 403 g/mol. The molecule has 28 heavy (non-hydrogen) atoms. The van der Waals surface area contributed by atoms with Gasteiger partial charge in [-0.15, -0.1) is 10.2 Å². The minimum Gasteiger partial charge on any atom is -0.466 e.